The third-order valence-corrected chi connectivity index (χ3v) is 6.32. The average Bonchev–Trinajstić information content (AvgIpc) is 3.25. The predicted molar refractivity (Wildman–Crippen MR) is 118 cm³/mol. The highest BCUT2D eigenvalue weighted by Gasteiger charge is 2.24. The normalized spacial score (nSPS) is 19.1. The van der Waals surface area contributed by atoms with Crippen LogP contribution in [0.3, 0.4) is 0 Å². The van der Waals surface area contributed by atoms with E-state index in [2.05, 4.69) is 22.3 Å². The summed E-state index contributed by atoms with van der Waals surface area (Å²) in [6.07, 6.45) is 7.95. The number of amides is 1. The lowest BCUT2D eigenvalue weighted by Gasteiger charge is -2.29. The number of hydrogen-bond acceptors (Lipinski definition) is 4. The van der Waals surface area contributed by atoms with Gasteiger partial charge in [-0.25, -0.2) is 13.9 Å². The van der Waals surface area contributed by atoms with E-state index >= 15 is 0 Å². The van der Waals surface area contributed by atoms with Gasteiger partial charge >= 0.3 is 5.69 Å². The van der Waals surface area contributed by atoms with Gasteiger partial charge in [-0.2, -0.15) is 0 Å². The van der Waals surface area contributed by atoms with Crippen molar-refractivity contribution in [1.29, 1.82) is 0 Å². The van der Waals surface area contributed by atoms with Crippen molar-refractivity contribution in [3.05, 3.63) is 64.8 Å². The molecule has 0 bridgehead atoms. The van der Waals surface area contributed by atoms with Crippen LogP contribution in [0.2, 0.25) is 0 Å². The van der Waals surface area contributed by atoms with Crippen molar-refractivity contribution in [1.82, 2.24) is 29.0 Å². The number of fused-ring (bicyclic) bond motifs is 3. The first kappa shape index (κ1) is 19.5. The summed E-state index contributed by atoms with van der Waals surface area (Å²) in [5.74, 6) is 0.923. The molecule has 4 aromatic rings. The zero-order chi connectivity index (χ0) is 21.4. The van der Waals surface area contributed by atoms with E-state index in [9.17, 15) is 9.59 Å². The molecule has 0 radical (unpaired) electrons. The first-order valence-electron chi connectivity index (χ1n) is 10.9. The van der Waals surface area contributed by atoms with Gasteiger partial charge in [0.15, 0.2) is 0 Å². The van der Waals surface area contributed by atoms with Gasteiger partial charge in [0, 0.05) is 18.4 Å². The van der Waals surface area contributed by atoms with Crippen molar-refractivity contribution in [2.45, 2.75) is 51.7 Å². The number of para-hydroxylation sites is 2. The van der Waals surface area contributed by atoms with Crippen LogP contribution in [0.15, 0.2) is 53.6 Å². The fraction of sp³-hybridized carbons (Fsp3) is 0.391. The highest BCUT2D eigenvalue weighted by atomic mass is 16.2. The van der Waals surface area contributed by atoms with E-state index in [1.54, 1.807) is 16.8 Å². The second-order valence-electron chi connectivity index (χ2n) is 8.44. The summed E-state index contributed by atoms with van der Waals surface area (Å²) in [5.41, 5.74) is 2.30. The van der Waals surface area contributed by atoms with E-state index in [4.69, 9.17) is 0 Å². The lowest BCUT2D eigenvalue weighted by atomic mass is 9.86. The zero-order valence-corrected chi connectivity index (χ0v) is 17.6. The number of carbonyl (C=O) groups excluding carboxylic acids is 1. The van der Waals surface area contributed by atoms with Crippen molar-refractivity contribution < 1.29 is 4.79 Å². The van der Waals surface area contributed by atoms with Crippen LogP contribution < -0.4 is 11.0 Å². The van der Waals surface area contributed by atoms with Gasteiger partial charge in [-0.15, -0.1) is 5.10 Å². The van der Waals surface area contributed by atoms with E-state index in [0.29, 0.717) is 18.2 Å². The summed E-state index contributed by atoms with van der Waals surface area (Å²) < 4.78 is 4.87. The molecule has 3 aromatic heterocycles. The first-order valence-corrected chi connectivity index (χ1v) is 10.9. The van der Waals surface area contributed by atoms with Crippen LogP contribution >= 0.6 is 0 Å². The maximum atomic E-state index is 13.1. The molecule has 0 spiro atoms. The molecule has 0 saturated heterocycles. The van der Waals surface area contributed by atoms with Crippen LogP contribution in [0.4, 0.5) is 0 Å². The number of hydrogen-bond donors (Lipinski definition) is 1. The number of benzene rings is 1. The maximum Gasteiger partial charge on any atom is 0.352 e. The molecule has 8 nitrogen and oxygen atoms in total. The van der Waals surface area contributed by atoms with Gasteiger partial charge in [0.05, 0.1) is 17.6 Å². The Morgan fingerprint density at radius 3 is 2.61 bits per heavy atom. The van der Waals surface area contributed by atoms with E-state index in [0.717, 1.165) is 35.9 Å². The van der Waals surface area contributed by atoms with Crippen LogP contribution in [-0.2, 0) is 17.9 Å². The van der Waals surface area contributed by atoms with Gasteiger partial charge in [-0.3, -0.25) is 14.3 Å². The lowest BCUT2D eigenvalue weighted by molar-refractivity contribution is -0.122. The van der Waals surface area contributed by atoms with Crippen LogP contribution in [0.1, 0.15) is 38.2 Å². The lowest BCUT2D eigenvalue weighted by Crippen LogP contribution is -2.42. The minimum atomic E-state index is -0.219. The standard InChI is InChI=1S/C23H26N6O2/c1-16-6-2-3-7-18(16)25-21(30)15-27-19-8-4-5-9-20(19)29-22(27)26-28(23(29)31)14-17-10-12-24-13-11-17/h4-5,8-13,16,18H,2-3,6-7,14-15H2,1H3,(H,25,30)/t16-,18-/m0/s1. The quantitative estimate of drug-likeness (QED) is 0.540. The maximum absolute atomic E-state index is 13.1. The zero-order valence-electron chi connectivity index (χ0n) is 17.6. The van der Waals surface area contributed by atoms with Crippen molar-refractivity contribution in [2.24, 2.45) is 5.92 Å². The highest BCUT2D eigenvalue weighted by molar-refractivity contribution is 5.84. The molecule has 1 aliphatic rings. The SMILES string of the molecule is C[C@H]1CCCC[C@@H]1NC(=O)Cn1c2ccccc2n2c(=O)n(Cc3ccncc3)nc12. The van der Waals surface area contributed by atoms with E-state index in [1.807, 2.05) is 41.0 Å². The second-order valence-corrected chi connectivity index (χ2v) is 8.44. The van der Waals surface area contributed by atoms with E-state index in [1.165, 1.54) is 11.1 Å². The highest BCUT2D eigenvalue weighted by Crippen LogP contribution is 2.24. The van der Waals surface area contributed by atoms with Crippen molar-refractivity contribution in [2.75, 3.05) is 0 Å². The molecule has 0 unspecified atom stereocenters. The topological polar surface area (TPSA) is 86.2 Å². The molecule has 160 valence electrons. The monoisotopic (exact) mass is 418 g/mol. The Morgan fingerprint density at radius 2 is 1.84 bits per heavy atom. The molecule has 31 heavy (non-hydrogen) atoms. The van der Waals surface area contributed by atoms with Crippen molar-refractivity contribution >= 4 is 22.7 Å². The fourth-order valence-electron chi connectivity index (χ4n) is 4.62. The van der Waals surface area contributed by atoms with Crippen LogP contribution in [0, 0.1) is 5.92 Å². The third-order valence-electron chi connectivity index (χ3n) is 6.32. The minimum absolute atomic E-state index is 0.0434. The largest absolute Gasteiger partial charge is 0.352 e. The Bertz CT molecular complexity index is 1290. The molecule has 1 amide bonds. The number of carbonyl (C=O) groups is 1. The van der Waals surface area contributed by atoms with Crippen molar-refractivity contribution in [3.8, 4) is 0 Å². The van der Waals surface area contributed by atoms with E-state index in [-0.39, 0.29) is 24.2 Å². The summed E-state index contributed by atoms with van der Waals surface area (Å²) in [7, 11) is 0. The summed E-state index contributed by atoms with van der Waals surface area (Å²) in [5, 5.41) is 7.80. The number of nitrogens with zero attached hydrogens (tertiary/aromatic N) is 5. The Hall–Kier alpha value is -3.42. The fourth-order valence-corrected chi connectivity index (χ4v) is 4.62. The van der Waals surface area contributed by atoms with Gasteiger partial charge in [-0.1, -0.05) is 31.9 Å². The van der Waals surface area contributed by atoms with Crippen molar-refractivity contribution in [3.63, 3.8) is 0 Å². The molecule has 1 N–H and O–H groups in total. The van der Waals surface area contributed by atoms with Crippen LogP contribution in [0.5, 0.6) is 0 Å². The molecule has 3 heterocycles. The molecule has 5 rings (SSSR count). The summed E-state index contributed by atoms with van der Waals surface area (Å²) in [6, 6.07) is 11.6. The minimum Gasteiger partial charge on any atom is -0.352 e. The smallest absolute Gasteiger partial charge is 0.352 e. The molecular weight excluding hydrogens is 392 g/mol. The summed E-state index contributed by atoms with van der Waals surface area (Å²) in [4.78, 5) is 30.1. The second kappa shape index (κ2) is 8.02. The summed E-state index contributed by atoms with van der Waals surface area (Å²) >= 11 is 0. The molecule has 1 aliphatic carbocycles. The van der Waals surface area contributed by atoms with Gasteiger partial charge in [0.25, 0.3) is 0 Å². The number of rotatable bonds is 5. The third kappa shape index (κ3) is 3.62. The van der Waals surface area contributed by atoms with E-state index < -0.39 is 0 Å². The number of imidazole rings is 1. The molecule has 1 fully saturated rings. The first-order chi connectivity index (χ1) is 15.1. The number of pyridine rings is 1. The van der Waals surface area contributed by atoms with Gasteiger partial charge in [-0.05, 0) is 48.6 Å². The van der Waals surface area contributed by atoms with Gasteiger partial charge in [0.2, 0.25) is 11.7 Å². The molecule has 0 aliphatic heterocycles. The Kier molecular flexibility index (Phi) is 5.05. The molecule has 2 atom stereocenters. The Morgan fingerprint density at radius 1 is 1.10 bits per heavy atom. The molecule has 8 heteroatoms. The average molecular weight is 419 g/mol. The van der Waals surface area contributed by atoms with Gasteiger partial charge < -0.3 is 5.32 Å². The number of nitrogens with one attached hydrogen (secondary N) is 1. The van der Waals surface area contributed by atoms with Gasteiger partial charge in [0.1, 0.15) is 6.54 Å². The number of aromatic nitrogens is 5. The molecule has 1 aromatic carbocycles. The Labute approximate surface area is 179 Å². The Balaban J connectivity index is 1.51. The van der Waals surface area contributed by atoms with Crippen LogP contribution in [0.25, 0.3) is 16.8 Å². The molecular formula is C23H26N6O2. The van der Waals surface area contributed by atoms with Crippen LogP contribution in [-0.4, -0.2) is 35.7 Å². The molecule has 1 saturated carbocycles. The predicted octanol–water partition coefficient (Wildman–Crippen LogP) is 2.59. The summed E-state index contributed by atoms with van der Waals surface area (Å²) in [6.45, 7) is 2.68.